The van der Waals surface area contributed by atoms with Crippen LogP contribution in [0.5, 0.6) is 5.75 Å². The van der Waals surface area contributed by atoms with E-state index >= 15 is 0 Å². The second-order valence-corrected chi connectivity index (χ2v) is 6.02. The quantitative estimate of drug-likeness (QED) is 0.806. The molecule has 1 aromatic rings. The lowest BCUT2D eigenvalue weighted by Crippen LogP contribution is -2.28. The zero-order valence-electron chi connectivity index (χ0n) is 10.4. The molecule has 0 bridgehead atoms. The molecular formula is C13H16BrClFNO. The minimum Gasteiger partial charge on any atom is -0.492 e. The summed E-state index contributed by atoms with van der Waals surface area (Å²) in [5, 5.41) is 3.50. The molecule has 0 saturated heterocycles. The van der Waals surface area contributed by atoms with Crippen LogP contribution >= 0.6 is 27.5 Å². The number of hydrogen-bond donors (Lipinski definition) is 1. The van der Waals surface area contributed by atoms with Crippen LogP contribution in [0.15, 0.2) is 10.5 Å². The second-order valence-electron chi connectivity index (χ2n) is 4.76. The number of hydrogen-bond acceptors (Lipinski definition) is 2. The summed E-state index contributed by atoms with van der Waals surface area (Å²) in [7, 11) is 0. The van der Waals surface area contributed by atoms with Gasteiger partial charge in [-0.3, -0.25) is 0 Å². The van der Waals surface area contributed by atoms with E-state index in [1.807, 2.05) is 13.8 Å². The molecule has 0 fully saturated rings. The van der Waals surface area contributed by atoms with Crippen LogP contribution in [0.2, 0.25) is 5.02 Å². The molecule has 2 nitrogen and oxygen atoms in total. The predicted molar refractivity (Wildman–Crippen MR) is 74.9 cm³/mol. The van der Waals surface area contributed by atoms with E-state index in [4.69, 9.17) is 16.3 Å². The number of rotatable bonds is 2. The first kappa shape index (κ1) is 14.1. The summed E-state index contributed by atoms with van der Waals surface area (Å²) in [6, 6.07) is 1.77. The first-order valence-corrected chi connectivity index (χ1v) is 7.24. The van der Waals surface area contributed by atoms with E-state index < -0.39 is 0 Å². The van der Waals surface area contributed by atoms with E-state index in [2.05, 4.69) is 21.2 Å². The number of halogens is 3. The van der Waals surface area contributed by atoms with Crippen LogP contribution in [0.25, 0.3) is 0 Å². The van der Waals surface area contributed by atoms with Gasteiger partial charge in [-0.2, -0.15) is 0 Å². The van der Waals surface area contributed by atoms with Crippen LogP contribution in [0, 0.1) is 5.82 Å². The SMILES string of the molecule is CC(C)NC1CCCOc2c(Br)cc(Cl)c(F)c21. The van der Waals surface area contributed by atoms with Gasteiger partial charge in [0.1, 0.15) is 11.6 Å². The summed E-state index contributed by atoms with van der Waals surface area (Å²) in [5.41, 5.74) is 0.542. The number of benzene rings is 1. The summed E-state index contributed by atoms with van der Waals surface area (Å²) in [4.78, 5) is 0. The molecule has 18 heavy (non-hydrogen) atoms. The van der Waals surface area contributed by atoms with Crippen molar-refractivity contribution in [2.24, 2.45) is 0 Å². The van der Waals surface area contributed by atoms with Crippen molar-refractivity contribution in [2.45, 2.75) is 38.8 Å². The second kappa shape index (κ2) is 5.76. The molecule has 0 spiro atoms. The van der Waals surface area contributed by atoms with Gasteiger partial charge in [-0.15, -0.1) is 0 Å². The fourth-order valence-electron chi connectivity index (χ4n) is 2.23. The van der Waals surface area contributed by atoms with Crippen molar-refractivity contribution in [3.63, 3.8) is 0 Å². The summed E-state index contributed by atoms with van der Waals surface area (Å²) >= 11 is 9.31. The van der Waals surface area contributed by atoms with Crippen LogP contribution < -0.4 is 10.1 Å². The minimum absolute atomic E-state index is 0.0579. The summed E-state index contributed by atoms with van der Waals surface area (Å²) in [5.74, 6) is 0.197. The van der Waals surface area contributed by atoms with Gasteiger partial charge in [-0.1, -0.05) is 25.4 Å². The van der Waals surface area contributed by atoms with Crippen molar-refractivity contribution in [1.82, 2.24) is 5.32 Å². The van der Waals surface area contributed by atoms with Crippen molar-refractivity contribution in [1.29, 1.82) is 0 Å². The Kier molecular flexibility index (Phi) is 4.51. The Morgan fingerprint density at radius 2 is 2.28 bits per heavy atom. The molecule has 1 aliphatic rings. The largest absolute Gasteiger partial charge is 0.492 e. The average Bonchev–Trinajstić information content (AvgIpc) is 2.48. The van der Waals surface area contributed by atoms with Crippen molar-refractivity contribution in [3.8, 4) is 5.75 Å². The lowest BCUT2D eigenvalue weighted by atomic mass is 10.0. The van der Waals surface area contributed by atoms with Gasteiger partial charge >= 0.3 is 0 Å². The Morgan fingerprint density at radius 1 is 1.56 bits per heavy atom. The molecule has 0 saturated carbocycles. The van der Waals surface area contributed by atoms with Crippen molar-refractivity contribution >= 4 is 27.5 Å². The number of ether oxygens (including phenoxy) is 1. The van der Waals surface area contributed by atoms with Crippen LogP contribution in [0.4, 0.5) is 4.39 Å². The lowest BCUT2D eigenvalue weighted by Gasteiger charge is -2.22. The highest BCUT2D eigenvalue weighted by molar-refractivity contribution is 9.10. The molecular weight excluding hydrogens is 321 g/mol. The fraction of sp³-hybridized carbons (Fsp3) is 0.538. The molecule has 1 aromatic carbocycles. The Hall–Kier alpha value is -0.320. The monoisotopic (exact) mass is 335 g/mol. The van der Waals surface area contributed by atoms with Crippen LogP contribution in [0.1, 0.15) is 38.3 Å². The normalized spacial score (nSPS) is 19.3. The maximum Gasteiger partial charge on any atom is 0.150 e. The number of fused-ring (bicyclic) bond motifs is 1. The van der Waals surface area contributed by atoms with Gasteiger partial charge in [0.05, 0.1) is 16.1 Å². The zero-order valence-corrected chi connectivity index (χ0v) is 12.7. The molecule has 1 atom stereocenters. The first-order valence-electron chi connectivity index (χ1n) is 6.07. The van der Waals surface area contributed by atoms with Gasteiger partial charge in [0.25, 0.3) is 0 Å². The molecule has 0 radical (unpaired) electrons. The van der Waals surface area contributed by atoms with Gasteiger partial charge in [0.15, 0.2) is 0 Å². The highest BCUT2D eigenvalue weighted by Crippen LogP contribution is 2.42. The molecule has 5 heteroatoms. The third kappa shape index (κ3) is 2.81. The van der Waals surface area contributed by atoms with E-state index in [9.17, 15) is 4.39 Å². The van der Waals surface area contributed by atoms with Crippen LogP contribution in [-0.4, -0.2) is 12.6 Å². The smallest absolute Gasteiger partial charge is 0.150 e. The lowest BCUT2D eigenvalue weighted by molar-refractivity contribution is 0.312. The standard InChI is InChI=1S/C13H16BrClFNO/c1-7(2)17-10-4-3-5-18-13-8(14)6-9(15)12(16)11(10)13/h6-7,10,17H,3-5H2,1-2H3. The molecule has 100 valence electrons. The summed E-state index contributed by atoms with van der Waals surface area (Å²) in [6.07, 6.45) is 1.73. The van der Waals surface area contributed by atoms with Gasteiger partial charge in [-0.05, 0) is 34.8 Å². The fourth-order valence-corrected chi connectivity index (χ4v) is 3.13. The maximum atomic E-state index is 14.3. The molecule has 0 aliphatic carbocycles. The van der Waals surface area contributed by atoms with E-state index in [-0.39, 0.29) is 22.9 Å². The molecule has 0 amide bonds. The van der Waals surface area contributed by atoms with Crippen molar-refractivity contribution in [2.75, 3.05) is 6.61 Å². The van der Waals surface area contributed by atoms with Gasteiger partial charge in [0, 0.05) is 17.6 Å². The number of nitrogens with one attached hydrogen (secondary N) is 1. The predicted octanol–water partition coefficient (Wildman–Crippen LogP) is 4.45. The molecule has 2 rings (SSSR count). The first-order chi connectivity index (χ1) is 8.50. The third-order valence-corrected chi connectivity index (χ3v) is 3.79. The van der Waals surface area contributed by atoms with E-state index in [0.717, 1.165) is 12.8 Å². The molecule has 1 aliphatic heterocycles. The zero-order chi connectivity index (χ0) is 13.3. The van der Waals surface area contributed by atoms with Gasteiger partial charge in [-0.25, -0.2) is 4.39 Å². The Labute approximate surface area is 120 Å². The topological polar surface area (TPSA) is 21.3 Å². The maximum absolute atomic E-state index is 14.3. The van der Waals surface area contributed by atoms with E-state index in [0.29, 0.717) is 22.4 Å². The Morgan fingerprint density at radius 3 is 2.94 bits per heavy atom. The molecule has 1 N–H and O–H groups in total. The Bertz CT molecular complexity index is 453. The molecule has 0 aromatic heterocycles. The van der Waals surface area contributed by atoms with Crippen LogP contribution in [0.3, 0.4) is 0 Å². The van der Waals surface area contributed by atoms with Gasteiger partial charge in [0.2, 0.25) is 0 Å². The highest BCUT2D eigenvalue weighted by Gasteiger charge is 2.27. The minimum atomic E-state index is -0.380. The van der Waals surface area contributed by atoms with Crippen molar-refractivity contribution in [3.05, 3.63) is 26.9 Å². The van der Waals surface area contributed by atoms with Crippen LogP contribution in [-0.2, 0) is 0 Å². The molecule has 1 unspecified atom stereocenters. The van der Waals surface area contributed by atoms with E-state index in [1.54, 1.807) is 6.07 Å². The summed E-state index contributed by atoms with van der Waals surface area (Å²) < 4.78 is 20.6. The third-order valence-electron chi connectivity index (χ3n) is 2.93. The van der Waals surface area contributed by atoms with Gasteiger partial charge < -0.3 is 10.1 Å². The molecule has 1 heterocycles. The Balaban J connectivity index is 2.51. The van der Waals surface area contributed by atoms with Crippen molar-refractivity contribution < 1.29 is 9.13 Å². The average molecular weight is 337 g/mol. The summed E-state index contributed by atoms with van der Waals surface area (Å²) in [6.45, 7) is 4.69. The van der Waals surface area contributed by atoms with E-state index in [1.165, 1.54) is 0 Å². The highest BCUT2D eigenvalue weighted by atomic mass is 79.9.